The molecule has 4 atom stereocenters. The van der Waals surface area contributed by atoms with E-state index in [9.17, 15) is 4.79 Å². The van der Waals surface area contributed by atoms with Crippen LogP contribution in [0.4, 0.5) is 0 Å². The van der Waals surface area contributed by atoms with E-state index in [0.717, 1.165) is 31.1 Å². The molecular formula is C11H14BrClO. The van der Waals surface area contributed by atoms with Crippen molar-refractivity contribution < 1.29 is 4.79 Å². The fourth-order valence-corrected chi connectivity index (χ4v) is 6.05. The van der Waals surface area contributed by atoms with Crippen LogP contribution < -0.4 is 0 Å². The summed E-state index contributed by atoms with van der Waals surface area (Å²) in [6, 6.07) is 0. The highest BCUT2D eigenvalue weighted by molar-refractivity contribution is 9.10. The lowest BCUT2D eigenvalue weighted by Crippen LogP contribution is -2.54. The third-order valence-electron chi connectivity index (χ3n) is 4.41. The average Bonchev–Trinajstić information content (AvgIpc) is 1.98. The molecule has 0 heterocycles. The molecule has 4 aliphatic carbocycles. The van der Waals surface area contributed by atoms with Gasteiger partial charge in [-0.15, -0.1) is 0 Å². The van der Waals surface area contributed by atoms with E-state index in [1.807, 2.05) is 0 Å². The van der Waals surface area contributed by atoms with E-state index in [-0.39, 0.29) is 15.0 Å². The summed E-state index contributed by atoms with van der Waals surface area (Å²) in [5.41, 5.74) is -0.158. The molecule has 78 valence electrons. The topological polar surface area (TPSA) is 17.1 Å². The first-order chi connectivity index (χ1) is 6.51. The van der Waals surface area contributed by atoms with Crippen molar-refractivity contribution >= 4 is 32.8 Å². The van der Waals surface area contributed by atoms with Gasteiger partial charge in [0.1, 0.15) is 0 Å². The minimum Gasteiger partial charge on any atom is -0.281 e. The first-order valence-electron chi connectivity index (χ1n) is 5.40. The van der Waals surface area contributed by atoms with Gasteiger partial charge in [-0.05, 0) is 62.0 Å². The lowest BCUT2D eigenvalue weighted by Gasteiger charge is -2.58. The molecule has 0 aromatic heterocycles. The highest BCUT2D eigenvalue weighted by atomic mass is 79.9. The number of rotatable bonds is 1. The van der Waals surface area contributed by atoms with E-state index in [1.165, 1.54) is 19.3 Å². The first-order valence-corrected chi connectivity index (χ1v) is 6.57. The van der Waals surface area contributed by atoms with Crippen molar-refractivity contribution in [2.24, 2.45) is 17.3 Å². The summed E-state index contributed by atoms with van der Waals surface area (Å²) < 4.78 is 0.252. The molecule has 0 spiro atoms. The molecule has 4 saturated carbocycles. The molecule has 0 radical (unpaired) electrons. The molecule has 4 fully saturated rings. The molecule has 4 bridgehead atoms. The Morgan fingerprint density at radius 2 is 1.79 bits per heavy atom. The van der Waals surface area contributed by atoms with Crippen molar-refractivity contribution in [3.05, 3.63) is 0 Å². The summed E-state index contributed by atoms with van der Waals surface area (Å²) in [7, 11) is 0. The monoisotopic (exact) mass is 276 g/mol. The number of carbonyl (C=O) groups is 1. The van der Waals surface area contributed by atoms with Crippen LogP contribution in [-0.4, -0.2) is 9.57 Å². The van der Waals surface area contributed by atoms with Gasteiger partial charge in [0.05, 0.1) is 0 Å². The van der Waals surface area contributed by atoms with Crippen molar-refractivity contribution in [3.8, 4) is 0 Å². The second-order valence-electron chi connectivity index (χ2n) is 5.67. The second kappa shape index (κ2) is 2.76. The molecule has 0 aliphatic heterocycles. The molecule has 14 heavy (non-hydrogen) atoms. The van der Waals surface area contributed by atoms with Crippen LogP contribution in [0.25, 0.3) is 0 Å². The minimum absolute atomic E-state index is 0.0737. The van der Waals surface area contributed by atoms with Gasteiger partial charge in [0.15, 0.2) is 0 Å². The molecular weight excluding hydrogens is 263 g/mol. The van der Waals surface area contributed by atoms with E-state index in [4.69, 9.17) is 11.6 Å². The van der Waals surface area contributed by atoms with Crippen LogP contribution in [0.5, 0.6) is 0 Å². The fourth-order valence-electron chi connectivity index (χ4n) is 4.38. The Balaban J connectivity index is 2.00. The highest BCUT2D eigenvalue weighted by Crippen LogP contribution is 2.64. The third kappa shape index (κ3) is 1.23. The van der Waals surface area contributed by atoms with Crippen LogP contribution in [0.15, 0.2) is 0 Å². The number of hydrogen-bond donors (Lipinski definition) is 0. The standard InChI is InChI=1S/C11H14BrClO/c12-11-4-7-1-8(5-11)3-10(2-7,6-11)9(13)14/h7-8H,1-6H2/t7-,8+,10?,11?. The maximum absolute atomic E-state index is 11.6. The van der Waals surface area contributed by atoms with E-state index >= 15 is 0 Å². The van der Waals surface area contributed by atoms with Crippen LogP contribution in [-0.2, 0) is 4.79 Å². The SMILES string of the molecule is O=C(Cl)C12C[C@@H]3C[C@@H](CC(Br)(C3)C1)C2. The first kappa shape index (κ1) is 9.65. The Kier molecular flexibility index (Phi) is 1.90. The van der Waals surface area contributed by atoms with Crippen molar-refractivity contribution in [3.63, 3.8) is 0 Å². The zero-order valence-electron chi connectivity index (χ0n) is 8.06. The minimum atomic E-state index is -0.158. The van der Waals surface area contributed by atoms with Crippen LogP contribution in [0.1, 0.15) is 38.5 Å². The zero-order valence-corrected chi connectivity index (χ0v) is 10.4. The number of halogens is 2. The van der Waals surface area contributed by atoms with Gasteiger partial charge in [-0.25, -0.2) is 0 Å². The van der Waals surface area contributed by atoms with Crippen LogP contribution in [0, 0.1) is 17.3 Å². The van der Waals surface area contributed by atoms with Crippen molar-refractivity contribution in [1.82, 2.24) is 0 Å². The summed E-state index contributed by atoms with van der Waals surface area (Å²) in [6.45, 7) is 0. The van der Waals surface area contributed by atoms with E-state index in [1.54, 1.807) is 0 Å². The Bertz CT molecular complexity index is 288. The van der Waals surface area contributed by atoms with Gasteiger partial charge in [-0.2, -0.15) is 0 Å². The van der Waals surface area contributed by atoms with Crippen molar-refractivity contribution in [1.29, 1.82) is 0 Å². The highest BCUT2D eigenvalue weighted by Gasteiger charge is 2.59. The van der Waals surface area contributed by atoms with Crippen LogP contribution in [0.3, 0.4) is 0 Å². The largest absolute Gasteiger partial charge is 0.281 e. The molecule has 0 saturated heterocycles. The molecule has 4 rings (SSSR count). The van der Waals surface area contributed by atoms with Gasteiger partial charge in [0.2, 0.25) is 5.24 Å². The Morgan fingerprint density at radius 3 is 2.21 bits per heavy atom. The maximum Gasteiger partial charge on any atom is 0.227 e. The van der Waals surface area contributed by atoms with Gasteiger partial charge in [0, 0.05) is 9.74 Å². The molecule has 0 amide bonds. The van der Waals surface area contributed by atoms with Gasteiger partial charge >= 0.3 is 0 Å². The molecule has 0 aromatic carbocycles. The maximum atomic E-state index is 11.6. The van der Waals surface area contributed by atoms with Gasteiger partial charge in [0.25, 0.3) is 0 Å². The van der Waals surface area contributed by atoms with E-state index < -0.39 is 0 Å². The molecule has 3 heteroatoms. The summed E-state index contributed by atoms with van der Waals surface area (Å²) in [4.78, 5) is 11.6. The van der Waals surface area contributed by atoms with Crippen molar-refractivity contribution in [2.75, 3.05) is 0 Å². The van der Waals surface area contributed by atoms with Gasteiger partial charge in [-0.1, -0.05) is 15.9 Å². The number of alkyl halides is 1. The predicted octanol–water partition coefficient (Wildman–Crippen LogP) is 3.49. The molecule has 0 N–H and O–H groups in total. The summed E-state index contributed by atoms with van der Waals surface area (Å²) >= 11 is 9.65. The number of hydrogen-bond acceptors (Lipinski definition) is 1. The quantitative estimate of drug-likeness (QED) is 0.530. The van der Waals surface area contributed by atoms with Gasteiger partial charge < -0.3 is 0 Å². The summed E-state index contributed by atoms with van der Waals surface area (Å²) in [5, 5.41) is -0.0737. The smallest absolute Gasteiger partial charge is 0.227 e. The Morgan fingerprint density at radius 1 is 1.21 bits per heavy atom. The normalized spacial score (nSPS) is 55.0. The second-order valence-corrected chi connectivity index (χ2v) is 7.69. The van der Waals surface area contributed by atoms with Crippen molar-refractivity contribution in [2.45, 2.75) is 42.8 Å². The summed E-state index contributed by atoms with van der Waals surface area (Å²) in [5.74, 6) is 1.50. The fraction of sp³-hybridized carbons (Fsp3) is 0.909. The predicted molar refractivity (Wildman–Crippen MR) is 59.6 cm³/mol. The average molecular weight is 278 g/mol. The summed E-state index contributed by atoms with van der Waals surface area (Å²) in [6.07, 6.45) is 6.94. The van der Waals surface area contributed by atoms with Crippen LogP contribution in [0.2, 0.25) is 0 Å². The lowest BCUT2D eigenvalue weighted by molar-refractivity contribution is -0.132. The number of carbonyl (C=O) groups excluding carboxylic acids is 1. The lowest BCUT2D eigenvalue weighted by atomic mass is 9.50. The van der Waals surface area contributed by atoms with Crippen LogP contribution >= 0.6 is 27.5 Å². The third-order valence-corrected chi connectivity index (χ3v) is 5.74. The Labute approximate surface area is 97.7 Å². The molecule has 2 unspecified atom stereocenters. The van der Waals surface area contributed by atoms with E-state index in [2.05, 4.69) is 15.9 Å². The van der Waals surface area contributed by atoms with E-state index in [0.29, 0.717) is 0 Å². The molecule has 1 nitrogen and oxygen atoms in total. The Hall–Kier alpha value is 0.440. The zero-order chi connectivity index (χ0) is 9.97. The molecule has 0 aromatic rings. The molecule has 4 aliphatic rings. The van der Waals surface area contributed by atoms with Gasteiger partial charge in [-0.3, -0.25) is 4.79 Å².